The maximum Gasteiger partial charge on any atom is 0.433 e. The molecule has 174 valence electrons. The van der Waals surface area contributed by atoms with Crippen LogP contribution in [0.4, 0.5) is 13.2 Å². The number of ether oxygens (including phenoxy) is 1. The third-order valence-corrected chi connectivity index (χ3v) is 6.16. The molecule has 1 amide bonds. The second-order valence-electron chi connectivity index (χ2n) is 8.27. The summed E-state index contributed by atoms with van der Waals surface area (Å²) in [5.74, 6) is 0.0421. The molecule has 9 heteroatoms. The first-order chi connectivity index (χ1) is 14.8. The zero-order valence-electron chi connectivity index (χ0n) is 17.7. The van der Waals surface area contributed by atoms with Crippen molar-refractivity contribution in [2.24, 2.45) is 0 Å². The largest absolute Gasteiger partial charge is 0.433 e. The average molecular weight is 470 g/mol. The number of nitrogens with zero attached hydrogens (tertiary/aromatic N) is 3. The molecule has 2 fully saturated rings. The molecule has 0 aliphatic carbocycles. The van der Waals surface area contributed by atoms with Crippen molar-refractivity contribution in [1.82, 2.24) is 14.8 Å². The van der Waals surface area contributed by atoms with Crippen molar-refractivity contribution in [2.45, 2.75) is 31.0 Å². The highest BCUT2D eigenvalue weighted by atomic mass is 35.5. The molecule has 0 saturated carbocycles. The lowest BCUT2D eigenvalue weighted by Gasteiger charge is -2.47. The summed E-state index contributed by atoms with van der Waals surface area (Å²) in [6, 6.07) is 11.8. The van der Waals surface area contributed by atoms with Gasteiger partial charge in [-0.3, -0.25) is 9.78 Å². The van der Waals surface area contributed by atoms with Crippen LogP contribution in [0.15, 0.2) is 48.7 Å². The molecule has 2 aliphatic rings. The Labute approximate surface area is 192 Å². The summed E-state index contributed by atoms with van der Waals surface area (Å²) in [5.41, 5.74) is 0.318. The zero-order valence-corrected chi connectivity index (χ0v) is 18.5. The van der Waals surface area contributed by atoms with Crippen LogP contribution in [0.5, 0.6) is 0 Å². The summed E-state index contributed by atoms with van der Waals surface area (Å²) in [6.07, 6.45) is -0.785. The average Bonchev–Trinajstić information content (AvgIpc) is 2.79. The number of carbonyl (C=O) groups excluding carboxylic acids is 1. The Morgan fingerprint density at radius 1 is 1.06 bits per heavy atom. The second-order valence-corrected chi connectivity index (χ2v) is 8.27. The third-order valence-electron chi connectivity index (χ3n) is 6.16. The van der Waals surface area contributed by atoms with Crippen molar-refractivity contribution in [2.75, 3.05) is 39.3 Å². The molecule has 2 aliphatic heterocycles. The van der Waals surface area contributed by atoms with Crippen molar-refractivity contribution < 1.29 is 22.7 Å². The maximum absolute atomic E-state index is 12.8. The third kappa shape index (κ3) is 5.79. The molecule has 1 aromatic heterocycles. The van der Waals surface area contributed by atoms with E-state index >= 15 is 0 Å². The van der Waals surface area contributed by atoms with Crippen LogP contribution in [0, 0.1) is 0 Å². The minimum Gasteiger partial charge on any atom is -0.371 e. The van der Waals surface area contributed by atoms with Gasteiger partial charge in [0, 0.05) is 37.9 Å². The van der Waals surface area contributed by atoms with Crippen LogP contribution in [0.2, 0.25) is 0 Å². The number of hydrogen-bond donors (Lipinski definition) is 0. The van der Waals surface area contributed by atoms with Gasteiger partial charge in [-0.05, 0) is 43.0 Å². The Kier molecular flexibility index (Phi) is 7.79. The van der Waals surface area contributed by atoms with Gasteiger partial charge in [0.05, 0.1) is 18.8 Å². The Bertz CT molecular complexity index is 886. The summed E-state index contributed by atoms with van der Waals surface area (Å²) >= 11 is 0. The van der Waals surface area contributed by atoms with Gasteiger partial charge >= 0.3 is 6.18 Å². The smallest absolute Gasteiger partial charge is 0.371 e. The topological polar surface area (TPSA) is 45.7 Å². The van der Waals surface area contributed by atoms with Gasteiger partial charge in [-0.1, -0.05) is 24.3 Å². The van der Waals surface area contributed by atoms with Gasteiger partial charge in [0.2, 0.25) is 0 Å². The van der Waals surface area contributed by atoms with Crippen LogP contribution < -0.4 is 0 Å². The van der Waals surface area contributed by atoms with Crippen LogP contribution in [0.3, 0.4) is 0 Å². The van der Waals surface area contributed by atoms with Crippen molar-refractivity contribution in [3.63, 3.8) is 0 Å². The number of aromatic nitrogens is 1. The summed E-state index contributed by atoms with van der Waals surface area (Å²) < 4.78 is 44.1. The molecule has 5 nitrogen and oxygen atoms in total. The van der Waals surface area contributed by atoms with Gasteiger partial charge in [0.25, 0.3) is 5.91 Å². The number of piperidine rings is 1. The Hall–Kier alpha value is -2.16. The van der Waals surface area contributed by atoms with E-state index in [4.69, 9.17) is 4.74 Å². The highest BCUT2D eigenvalue weighted by molar-refractivity contribution is 5.94. The number of hydrogen-bond acceptors (Lipinski definition) is 4. The Morgan fingerprint density at radius 2 is 1.78 bits per heavy atom. The summed E-state index contributed by atoms with van der Waals surface area (Å²) in [4.78, 5) is 20.5. The summed E-state index contributed by atoms with van der Waals surface area (Å²) in [6.45, 7) is 4.16. The molecule has 0 unspecified atom stereocenters. The van der Waals surface area contributed by atoms with Crippen molar-refractivity contribution in [3.8, 4) is 0 Å². The molecule has 2 saturated heterocycles. The molecule has 1 aromatic carbocycles. The van der Waals surface area contributed by atoms with Gasteiger partial charge < -0.3 is 14.5 Å². The number of halogens is 4. The van der Waals surface area contributed by atoms with Gasteiger partial charge in [-0.2, -0.15) is 13.2 Å². The van der Waals surface area contributed by atoms with E-state index in [2.05, 4.69) is 9.88 Å². The minimum atomic E-state index is -4.41. The van der Waals surface area contributed by atoms with E-state index in [0.29, 0.717) is 31.7 Å². The number of likely N-dealkylation sites (tertiary alicyclic amines) is 1. The molecule has 32 heavy (non-hydrogen) atoms. The van der Waals surface area contributed by atoms with Gasteiger partial charge in [0.1, 0.15) is 5.69 Å². The molecule has 2 aromatic rings. The molecule has 1 spiro atoms. The molecule has 0 atom stereocenters. The summed E-state index contributed by atoms with van der Waals surface area (Å²) in [5, 5.41) is 0. The van der Waals surface area contributed by atoms with E-state index in [-0.39, 0.29) is 23.9 Å². The number of pyridine rings is 1. The van der Waals surface area contributed by atoms with Crippen molar-refractivity contribution in [3.05, 3.63) is 65.5 Å². The van der Waals surface area contributed by atoms with Crippen LogP contribution in [-0.4, -0.2) is 65.6 Å². The monoisotopic (exact) mass is 469 g/mol. The van der Waals surface area contributed by atoms with Crippen molar-refractivity contribution >= 4 is 18.3 Å². The predicted molar refractivity (Wildman–Crippen MR) is 117 cm³/mol. The van der Waals surface area contributed by atoms with E-state index in [1.165, 1.54) is 12.3 Å². The lowest BCUT2D eigenvalue weighted by molar-refractivity contribution is -0.141. The Morgan fingerprint density at radius 3 is 2.41 bits per heavy atom. The lowest BCUT2D eigenvalue weighted by atomic mass is 9.89. The fraction of sp³-hybridized carbons (Fsp3) is 0.478. The first-order valence-corrected chi connectivity index (χ1v) is 10.6. The van der Waals surface area contributed by atoms with Gasteiger partial charge in [-0.25, -0.2) is 0 Å². The normalized spacial score (nSPS) is 18.9. The number of morpholine rings is 1. The van der Waals surface area contributed by atoms with E-state index in [1.807, 2.05) is 35.2 Å². The number of rotatable bonds is 4. The predicted octanol–water partition coefficient (Wildman–Crippen LogP) is 4.07. The first-order valence-electron chi connectivity index (χ1n) is 10.6. The van der Waals surface area contributed by atoms with E-state index < -0.39 is 11.9 Å². The quantitative estimate of drug-likeness (QED) is 0.677. The second kappa shape index (κ2) is 10.2. The molecule has 4 rings (SSSR count). The molecule has 3 heterocycles. The molecule has 0 radical (unpaired) electrons. The molecule has 0 bridgehead atoms. The van der Waals surface area contributed by atoms with Crippen LogP contribution in [-0.2, 0) is 17.3 Å². The van der Waals surface area contributed by atoms with E-state index in [1.54, 1.807) is 0 Å². The number of carbonyl (C=O) groups is 1. The highest BCUT2D eigenvalue weighted by Crippen LogP contribution is 2.31. The highest BCUT2D eigenvalue weighted by Gasteiger charge is 2.41. The zero-order chi connectivity index (χ0) is 21.9. The fourth-order valence-corrected chi connectivity index (χ4v) is 4.30. The minimum absolute atomic E-state index is 0. The summed E-state index contributed by atoms with van der Waals surface area (Å²) in [7, 11) is 0. The van der Waals surface area contributed by atoms with Crippen LogP contribution in [0.25, 0.3) is 0 Å². The molecular formula is C23H27ClF3N3O2. The first kappa shape index (κ1) is 24.5. The van der Waals surface area contributed by atoms with Crippen LogP contribution in [0.1, 0.15) is 34.5 Å². The van der Waals surface area contributed by atoms with Crippen molar-refractivity contribution in [1.29, 1.82) is 0 Å². The molecule has 0 N–H and O–H groups in total. The van der Waals surface area contributed by atoms with E-state index in [0.717, 1.165) is 44.1 Å². The van der Waals surface area contributed by atoms with Crippen LogP contribution >= 0.6 is 12.4 Å². The molecular weight excluding hydrogens is 443 g/mol. The lowest BCUT2D eigenvalue weighted by Crippen LogP contribution is -2.58. The number of benzene rings is 1. The number of amides is 1. The van der Waals surface area contributed by atoms with E-state index in [9.17, 15) is 18.0 Å². The fourth-order valence-electron chi connectivity index (χ4n) is 4.30. The SMILES string of the molecule is Cl.O=C(c1ccccc1)N1CCOC2(CCN(CCc3ccc(C(F)(F)F)nc3)CC2)C1. The van der Waals surface area contributed by atoms with Gasteiger partial charge in [-0.15, -0.1) is 12.4 Å². The Balaban J connectivity index is 0.00000289. The van der Waals surface area contributed by atoms with Gasteiger partial charge in [0.15, 0.2) is 0 Å². The standard InChI is InChI=1S/C23H26F3N3O2.ClH/c24-23(25,26)20-7-6-18(16-27-20)8-11-28-12-9-22(10-13-28)17-29(14-15-31-22)21(30)19-4-2-1-3-5-19;/h1-7,16H,8-15,17H2;1H. The number of alkyl halides is 3. The maximum atomic E-state index is 12.8.